The van der Waals surface area contributed by atoms with E-state index in [1.54, 1.807) is 6.07 Å². The zero-order chi connectivity index (χ0) is 24.5. The number of primary amides is 1. The largest absolute Gasteiger partial charge is 0.460 e. The number of ether oxygens (including phenoxy) is 3. The molecule has 11 heteroatoms. The van der Waals surface area contributed by atoms with Gasteiger partial charge in [0.1, 0.15) is 16.5 Å². The van der Waals surface area contributed by atoms with Crippen LogP contribution in [0.3, 0.4) is 0 Å². The molecule has 2 amide bonds. The van der Waals surface area contributed by atoms with Gasteiger partial charge in [-0.3, -0.25) is 9.59 Å². The van der Waals surface area contributed by atoms with Gasteiger partial charge in [0.2, 0.25) is 0 Å². The molecule has 0 atom stereocenters. The molecule has 0 aliphatic rings. The van der Waals surface area contributed by atoms with Crippen molar-refractivity contribution < 1.29 is 33.4 Å². The third-order valence-corrected chi connectivity index (χ3v) is 7.08. The van der Waals surface area contributed by atoms with Crippen molar-refractivity contribution in [2.75, 3.05) is 32.2 Å². The number of nitrogens with two attached hydrogens (primary N) is 1. The van der Waals surface area contributed by atoms with Crippen LogP contribution >= 0.6 is 22.7 Å². The normalized spacial score (nSPS) is 10.7. The number of thiophene rings is 2. The van der Waals surface area contributed by atoms with Gasteiger partial charge >= 0.3 is 11.9 Å². The second kappa shape index (κ2) is 12.5. The Kier molecular flexibility index (Phi) is 10.0. The summed E-state index contributed by atoms with van der Waals surface area (Å²) in [4.78, 5) is 50.8. The van der Waals surface area contributed by atoms with Gasteiger partial charge in [0.15, 0.2) is 6.61 Å². The van der Waals surface area contributed by atoms with Crippen molar-refractivity contribution in [2.45, 2.75) is 40.0 Å². The molecule has 2 heterocycles. The zero-order valence-electron chi connectivity index (χ0n) is 19.1. The van der Waals surface area contributed by atoms with E-state index in [0.717, 1.165) is 41.0 Å². The number of methoxy groups -OCH3 is 1. The molecule has 9 nitrogen and oxygen atoms in total. The van der Waals surface area contributed by atoms with E-state index in [9.17, 15) is 19.2 Å². The van der Waals surface area contributed by atoms with E-state index in [1.165, 1.54) is 25.4 Å². The van der Waals surface area contributed by atoms with Crippen molar-refractivity contribution in [3.63, 3.8) is 0 Å². The van der Waals surface area contributed by atoms with E-state index >= 15 is 0 Å². The highest BCUT2D eigenvalue weighted by Crippen LogP contribution is 2.33. The third kappa shape index (κ3) is 6.86. The molecule has 0 aliphatic carbocycles. The molecule has 2 rings (SSSR count). The molecule has 0 radical (unpaired) electrons. The zero-order valence-corrected chi connectivity index (χ0v) is 20.7. The van der Waals surface area contributed by atoms with Crippen LogP contribution in [0, 0.1) is 6.92 Å². The maximum absolute atomic E-state index is 12.5. The van der Waals surface area contributed by atoms with Crippen molar-refractivity contribution >= 4 is 51.4 Å². The van der Waals surface area contributed by atoms with Crippen molar-refractivity contribution in [3.8, 4) is 0 Å². The third-order valence-electron chi connectivity index (χ3n) is 4.64. The van der Waals surface area contributed by atoms with E-state index in [-0.39, 0.29) is 28.7 Å². The molecular weight excluding hydrogens is 468 g/mol. The number of carbonyl (C=O) groups excluding carboxylic acids is 4. The molecule has 0 saturated carbocycles. The highest BCUT2D eigenvalue weighted by Gasteiger charge is 2.26. The average Bonchev–Trinajstić information content (AvgIpc) is 3.33. The molecule has 0 spiro atoms. The summed E-state index contributed by atoms with van der Waals surface area (Å²) >= 11 is 2.23. The van der Waals surface area contributed by atoms with Gasteiger partial charge in [-0.1, -0.05) is 20.3 Å². The van der Waals surface area contributed by atoms with Gasteiger partial charge < -0.3 is 25.3 Å². The second-order valence-corrected chi connectivity index (χ2v) is 9.20. The molecule has 33 heavy (non-hydrogen) atoms. The number of carbonyl (C=O) groups is 4. The minimum Gasteiger partial charge on any atom is -0.460 e. The SMILES string of the molecule is CCCc1sc(C(=O)OCC(=O)Nc2sc(C(N)=O)c(C)c2C(=O)OCCOC)cc1CC. The first-order chi connectivity index (χ1) is 15.7. The Labute approximate surface area is 200 Å². The highest BCUT2D eigenvalue weighted by atomic mass is 32.1. The minimum absolute atomic E-state index is 0.00209. The first kappa shape index (κ1) is 26.5. The molecule has 3 N–H and O–H groups in total. The number of amides is 2. The van der Waals surface area contributed by atoms with Crippen LogP contribution in [0.5, 0.6) is 0 Å². The van der Waals surface area contributed by atoms with E-state index < -0.39 is 30.4 Å². The topological polar surface area (TPSA) is 134 Å². The number of anilines is 1. The molecule has 0 fully saturated rings. The predicted molar refractivity (Wildman–Crippen MR) is 126 cm³/mol. The number of nitrogens with one attached hydrogen (secondary N) is 1. The van der Waals surface area contributed by atoms with Crippen LogP contribution in [-0.2, 0) is 31.8 Å². The fourth-order valence-corrected chi connectivity index (χ4v) is 5.35. The predicted octanol–water partition coefficient (Wildman–Crippen LogP) is 3.33. The van der Waals surface area contributed by atoms with Crippen LogP contribution in [0.25, 0.3) is 0 Å². The Morgan fingerprint density at radius 3 is 2.39 bits per heavy atom. The molecule has 0 saturated heterocycles. The molecule has 0 aliphatic heterocycles. The number of hydrogen-bond donors (Lipinski definition) is 2. The van der Waals surface area contributed by atoms with Gasteiger partial charge in [0, 0.05) is 12.0 Å². The van der Waals surface area contributed by atoms with Crippen LogP contribution in [0.15, 0.2) is 6.07 Å². The van der Waals surface area contributed by atoms with Crippen LogP contribution in [0.2, 0.25) is 0 Å². The quantitative estimate of drug-likeness (QED) is 0.340. The lowest BCUT2D eigenvalue weighted by atomic mass is 10.1. The Morgan fingerprint density at radius 2 is 1.79 bits per heavy atom. The number of esters is 2. The number of rotatable bonds is 12. The van der Waals surface area contributed by atoms with Crippen LogP contribution in [0.1, 0.15) is 66.0 Å². The van der Waals surface area contributed by atoms with E-state index in [4.69, 9.17) is 19.9 Å². The molecule has 2 aromatic heterocycles. The molecule has 2 aromatic rings. The van der Waals surface area contributed by atoms with Gasteiger partial charge in [-0.15, -0.1) is 22.7 Å². The summed E-state index contributed by atoms with van der Waals surface area (Å²) in [5.41, 5.74) is 6.81. The molecule has 180 valence electrons. The summed E-state index contributed by atoms with van der Waals surface area (Å²) in [6.07, 6.45) is 2.65. The highest BCUT2D eigenvalue weighted by molar-refractivity contribution is 7.18. The fraction of sp³-hybridized carbons (Fsp3) is 0.455. The van der Waals surface area contributed by atoms with Gasteiger partial charge in [-0.2, -0.15) is 0 Å². The lowest BCUT2D eigenvalue weighted by Crippen LogP contribution is -2.21. The average molecular weight is 497 g/mol. The first-order valence-corrected chi connectivity index (χ1v) is 12.0. The van der Waals surface area contributed by atoms with Gasteiger partial charge in [0.05, 0.1) is 17.0 Å². The van der Waals surface area contributed by atoms with Crippen LogP contribution < -0.4 is 11.1 Å². The van der Waals surface area contributed by atoms with Gasteiger partial charge in [0.25, 0.3) is 11.8 Å². The van der Waals surface area contributed by atoms with Crippen LogP contribution in [-0.4, -0.2) is 50.7 Å². The van der Waals surface area contributed by atoms with Crippen molar-refractivity contribution in [1.82, 2.24) is 0 Å². The molecule has 0 unspecified atom stereocenters. The van der Waals surface area contributed by atoms with Crippen molar-refractivity contribution in [1.29, 1.82) is 0 Å². The Morgan fingerprint density at radius 1 is 1.06 bits per heavy atom. The van der Waals surface area contributed by atoms with Gasteiger partial charge in [-0.25, -0.2) is 9.59 Å². The Hall–Kier alpha value is -2.76. The van der Waals surface area contributed by atoms with Crippen molar-refractivity contribution in [3.05, 3.63) is 37.4 Å². The molecule has 0 aromatic carbocycles. The first-order valence-electron chi connectivity index (χ1n) is 10.4. The van der Waals surface area contributed by atoms with Crippen molar-refractivity contribution in [2.24, 2.45) is 5.73 Å². The van der Waals surface area contributed by atoms with E-state index in [0.29, 0.717) is 10.4 Å². The monoisotopic (exact) mass is 496 g/mol. The second-order valence-electron chi connectivity index (χ2n) is 7.04. The van der Waals surface area contributed by atoms with Crippen LogP contribution in [0.4, 0.5) is 5.00 Å². The summed E-state index contributed by atoms with van der Waals surface area (Å²) in [5, 5.41) is 2.62. The van der Waals surface area contributed by atoms with E-state index in [2.05, 4.69) is 12.2 Å². The van der Waals surface area contributed by atoms with Gasteiger partial charge in [-0.05, 0) is 37.0 Å². The number of aryl methyl sites for hydroxylation is 2. The summed E-state index contributed by atoms with van der Waals surface area (Å²) in [6.45, 7) is 5.27. The molecular formula is C22H28N2O7S2. The minimum atomic E-state index is -0.734. The Bertz CT molecular complexity index is 1030. The fourth-order valence-electron chi connectivity index (χ4n) is 3.04. The lowest BCUT2D eigenvalue weighted by Gasteiger charge is -2.08. The number of hydrogen-bond acceptors (Lipinski definition) is 9. The standard InChI is InChI=1S/C22H28N2O7S2/c1-5-7-14-13(6-2)10-15(32-14)21(27)31-11-16(25)24-20-17(22(28)30-9-8-29-4)12(3)18(33-20)19(23)26/h10H,5-9,11H2,1-4H3,(H2,23,26)(H,24,25). The Balaban J connectivity index is 2.10. The summed E-state index contributed by atoms with van der Waals surface area (Å²) in [6, 6.07) is 1.80. The van der Waals surface area contributed by atoms with E-state index in [1.807, 2.05) is 6.92 Å². The molecule has 0 bridgehead atoms. The smallest absolute Gasteiger partial charge is 0.348 e. The maximum atomic E-state index is 12.5. The maximum Gasteiger partial charge on any atom is 0.348 e. The summed E-state index contributed by atoms with van der Waals surface area (Å²) in [5.74, 6) is -2.71. The summed E-state index contributed by atoms with van der Waals surface area (Å²) in [7, 11) is 1.46. The lowest BCUT2D eigenvalue weighted by molar-refractivity contribution is -0.119. The summed E-state index contributed by atoms with van der Waals surface area (Å²) < 4.78 is 15.1.